The van der Waals surface area contributed by atoms with Gasteiger partial charge in [0.25, 0.3) is 0 Å². The summed E-state index contributed by atoms with van der Waals surface area (Å²) in [6.45, 7) is 26.5. The first-order chi connectivity index (χ1) is 13.3. The molecular formula is C28H52Cl2SiZr. The van der Waals surface area contributed by atoms with Crippen LogP contribution in [0, 0.1) is 22.7 Å². The van der Waals surface area contributed by atoms with E-state index in [1.54, 1.807) is 22.3 Å². The Morgan fingerprint density at radius 1 is 0.719 bits per heavy atom. The third kappa shape index (κ3) is 7.32. The Bertz CT molecular complexity index is 823. The summed E-state index contributed by atoms with van der Waals surface area (Å²) in [7, 11) is 0. The molecule has 0 spiro atoms. The Morgan fingerprint density at radius 2 is 1.00 bits per heavy atom. The molecule has 0 aromatic heterocycles. The predicted molar refractivity (Wildman–Crippen MR) is 152 cm³/mol. The fourth-order valence-corrected chi connectivity index (χ4v) is 20.6. The summed E-state index contributed by atoms with van der Waals surface area (Å²) < 4.78 is 9.27. The van der Waals surface area contributed by atoms with Gasteiger partial charge < -0.3 is 0 Å². The van der Waals surface area contributed by atoms with Crippen LogP contribution in [-0.4, -0.2) is 6.88 Å². The molecule has 0 amide bonds. The van der Waals surface area contributed by atoms with Crippen molar-refractivity contribution in [2.75, 3.05) is 0 Å². The molecule has 0 aromatic carbocycles. The third-order valence-electron chi connectivity index (χ3n) is 7.05. The van der Waals surface area contributed by atoms with E-state index in [1.165, 1.54) is 25.7 Å². The van der Waals surface area contributed by atoms with Crippen LogP contribution in [0.1, 0.15) is 94.9 Å². The SMILES string of the molecule is CC(C)CC1=CC(C(C)(C)C)=[C]([Zr]([CH3])([CH3])(=[SiH2])[C]2=C(C(C)(C)C)C=C(CC(C)C)C2)C1.Cl.Cl. The largest absolute Gasteiger partial charge is 0.147 e. The zero-order valence-corrected chi connectivity index (χ0v) is 28.7. The number of hydrogen-bond donors (Lipinski definition) is 0. The van der Waals surface area contributed by atoms with Crippen molar-refractivity contribution in [2.24, 2.45) is 22.7 Å². The van der Waals surface area contributed by atoms with Crippen LogP contribution in [0.15, 0.2) is 41.0 Å². The molecule has 0 aromatic rings. The number of hydrogen-bond acceptors (Lipinski definition) is 0. The zero-order chi connectivity index (χ0) is 23.3. The van der Waals surface area contributed by atoms with E-state index in [1.807, 2.05) is 6.56 Å². The average Bonchev–Trinajstić information content (AvgIpc) is 3.10. The summed E-state index contributed by atoms with van der Waals surface area (Å²) in [6, 6.07) is 0. The first-order valence-electron chi connectivity index (χ1n) is 12.3. The van der Waals surface area contributed by atoms with Crippen LogP contribution in [0.4, 0.5) is 0 Å². The minimum absolute atomic E-state index is 0. The van der Waals surface area contributed by atoms with Crippen LogP contribution in [0.3, 0.4) is 0 Å². The number of halogens is 2. The van der Waals surface area contributed by atoms with Gasteiger partial charge in [-0.2, -0.15) is 0 Å². The summed E-state index contributed by atoms with van der Waals surface area (Å²) in [5.41, 5.74) is 7.19. The Kier molecular flexibility index (Phi) is 10.9. The van der Waals surface area contributed by atoms with Crippen molar-refractivity contribution in [1.29, 1.82) is 0 Å². The van der Waals surface area contributed by atoms with Crippen molar-refractivity contribution < 1.29 is 17.4 Å². The smallest absolute Gasteiger partial charge is 0.147 e. The maximum absolute atomic E-state index is 3.30. The van der Waals surface area contributed by atoms with Gasteiger partial charge in [-0.1, -0.05) is 0 Å². The van der Waals surface area contributed by atoms with Crippen LogP contribution in [0.5, 0.6) is 0 Å². The molecule has 2 rings (SSSR count). The van der Waals surface area contributed by atoms with Gasteiger partial charge in [0.15, 0.2) is 0 Å². The summed E-state index contributed by atoms with van der Waals surface area (Å²) in [5, 5.41) is 0. The van der Waals surface area contributed by atoms with Crippen LogP contribution in [0.2, 0.25) is 9.26 Å². The van der Waals surface area contributed by atoms with E-state index in [0.717, 1.165) is 11.8 Å². The van der Waals surface area contributed by atoms with Crippen LogP contribution in [0.25, 0.3) is 0 Å². The summed E-state index contributed by atoms with van der Waals surface area (Å²) >= 11 is -3.30. The predicted octanol–water partition coefficient (Wildman–Crippen LogP) is 9.52. The van der Waals surface area contributed by atoms with Gasteiger partial charge in [0.05, 0.1) is 0 Å². The van der Waals surface area contributed by atoms with Crippen molar-refractivity contribution in [2.45, 2.75) is 104 Å². The molecule has 0 fully saturated rings. The Hall–Kier alpha value is 0.640. The molecule has 0 saturated carbocycles. The van der Waals surface area contributed by atoms with E-state index >= 15 is 0 Å². The van der Waals surface area contributed by atoms with E-state index in [0.29, 0.717) is 0 Å². The molecule has 0 N–H and O–H groups in total. The van der Waals surface area contributed by atoms with Gasteiger partial charge in [0.1, 0.15) is 0 Å². The molecular weight excluding hydrogens is 527 g/mol. The number of rotatable bonds is 6. The molecule has 0 nitrogen and oxygen atoms in total. The molecule has 186 valence electrons. The van der Waals surface area contributed by atoms with Crippen molar-refractivity contribution >= 4 is 31.7 Å². The Labute approximate surface area is 215 Å². The Morgan fingerprint density at radius 3 is 1.22 bits per heavy atom. The molecule has 0 aliphatic heterocycles. The molecule has 0 radical (unpaired) electrons. The summed E-state index contributed by atoms with van der Waals surface area (Å²) in [5.74, 6) is 1.47. The fraction of sp³-hybridized carbons (Fsp3) is 0.714. The van der Waals surface area contributed by atoms with E-state index in [-0.39, 0.29) is 35.6 Å². The van der Waals surface area contributed by atoms with Gasteiger partial charge in [-0.05, 0) is 0 Å². The van der Waals surface area contributed by atoms with Crippen molar-refractivity contribution in [3.05, 3.63) is 41.0 Å². The zero-order valence-electron chi connectivity index (χ0n) is 23.2. The van der Waals surface area contributed by atoms with Crippen LogP contribution < -0.4 is 0 Å². The normalized spacial score (nSPS) is 18.2. The van der Waals surface area contributed by atoms with E-state index < -0.39 is 17.4 Å². The number of allylic oxidation sites excluding steroid dienone is 8. The van der Waals surface area contributed by atoms with Gasteiger partial charge in [0, 0.05) is 0 Å². The quantitative estimate of drug-likeness (QED) is 0.275. The van der Waals surface area contributed by atoms with Crippen molar-refractivity contribution in [3.8, 4) is 0 Å². The van der Waals surface area contributed by atoms with Crippen molar-refractivity contribution in [1.82, 2.24) is 0 Å². The summed E-state index contributed by atoms with van der Waals surface area (Å²) in [6.07, 6.45) is 10.2. The van der Waals surface area contributed by atoms with Gasteiger partial charge in [0.2, 0.25) is 0 Å². The molecule has 2 aliphatic rings. The maximum Gasteiger partial charge on any atom is -0.147 e. The average molecular weight is 579 g/mol. The molecule has 0 unspecified atom stereocenters. The summed E-state index contributed by atoms with van der Waals surface area (Å²) in [4.78, 5) is 0. The molecule has 4 heteroatoms. The molecule has 0 saturated heterocycles. The first-order valence-corrected chi connectivity index (χ1v) is 25.6. The second-order valence-electron chi connectivity index (χ2n) is 14.1. The molecule has 32 heavy (non-hydrogen) atoms. The van der Waals surface area contributed by atoms with Crippen LogP contribution in [-0.2, 0) is 17.4 Å². The van der Waals surface area contributed by atoms with Gasteiger partial charge in [-0.3, -0.25) is 0 Å². The van der Waals surface area contributed by atoms with Gasteiger partial charge >= 0.3 is 192 Å². The minimum Gasteiger partial charge on any atom is -0.147 e. The first kappa shape index (κ1) is 32.6. The topological polar surface area (TPSA) is 0 Å². The van der Waals surface area contributed by atoms with Crippen molar-refractivity contribution in [3.63, 3.8) is 0 Å². The molecule has 0 atom stereocenters. The van der Waals surface area contributed by atoms with E-state index in [9.17, 15) is 0 Å². The molecule has 2 aliphatic carbocycles. The second-order valence-corrected chi connectivity index (χ2v) is 42.8. The standard InChI is InChI=1S/2C13H21.2CH3.2ClH.H2Si.Zr/c2*1-10(2)8-11-6-7-12(9-11)13(3,4)5;;;;;;/h2*9-10H,6,8H2,1-5H3;2*1H3;2*1H;1H2;. The minimum atomic E-state index is -3.30. The van der Waals surface area contributed by atoms with Crippen LogP contribution >= 0.6 is 24.8 Å². The molecule has 0 heterocycles. The van der Waals surface area contributed by atoms with Gasteiger partial charge in [-0.15, -0.1) is 24.8 Å². The van der Waals surface area contributed by atoms with E-state index in [4.69, 9.17) is 0 Å². The third-order valence-corrected chi connectivity index (χ3v) is 23.8. The Balaban J connectivity index is 0.00000480. The van der Waals surface area contributed by atoms with Gasteiger partial charge in [-0.25, -0.2) is 0 Å². The monoisotopic (exact) mass is 576 g/mol. The fourth-order valence-electron chi connectivity index (χ4n) is 5.59. The maximum atomic E-state index is 2.75. The van der Waals surface area contributed by atoms with E-state index in [2.05, 4.69) is 97.5 Å². The second kappa shape index (κ2) is 10.7. The molecule has 0 bridgehead atoms.